The van der Waals surface area contributed by atoms with Crippen LogP contribution in [-0.2, 0) is 11.0 Å². The highest BCUT2D eigenvalue weighted by Crippen LogP contribution is 2.26. The van der Waals surface area contributed by atoms with E-state index in [9.17, 15) is 4.21 Å². The molecule has 15 heavy (non-hydrogen) atoms. The summed E-state index contributed by atoms with van der Waals surface area (Å²) in [6.45, 7) is 8.23. The second-order valence-corrected chi connectivity index (χ2v) is 7.68. The molecule has 1 fully saturated rings. The van der Waals surface area contributed by atoms with Gasteiger partial charge in [-0.3, -0.25) is 0 Å². The van der Waals surface area contributed by atoms with Crippen LogP contribution in [0.25, 0.3) is 0 Å². The first-order valence-corrected chi connectivity index (χ1v) is 7.24. The van der Waals surface area contributed by atoms with E-state index < -0.39 is 11.0 Å². The second kappa shape index (κ2) is 5.44. The Morgan fingerprint density at radius 2 is 1.73 bits per heavy atom. The molecule has 1 aliphatic rings. The van der Waals surface area contributed by atoms with Crippen LogP contribution in [0.15, 0.2) is 0 Å². The van der Waals surface area contributed by atoms with Gasteiger partial charge in [-0.25, -0.2) is 8.93 Å². The van der Waals surface area contributed by atoms with E-state index in [1.165, 1.54) is 32.1 Å². The van der Waals surface area contributed by atoms with E-state index in [2.05, 4.69) is 11.6 Å². The van der Waals surface area contributed by atoms with Crippen molar-refractivity contribution in [3.8, 4) is 0 Å². The summed E-state index contributed by atoms with van der Waals surface area (Å²) in [6, 6.07) is 0.394. The van der Waals surface area contributed by atoms with E-state index in [0.717, 1.165) is 5.92 Å². The lowest BCUT2D eigenvalue weighted by Gasteiger charge is -2.30. The van der Waals surface area contributed by atoms with Crippen molar-refractivity contribution in [3.05, 3.63) is 0 Å². The van der Waals surface area contributed by atoms with Gasteiger partial charge in [0.2, 0.25) is 0 Å². The van der Waals surface area contributed by atoms with Crippen LogP contribution in [-0.4, -0.2) is 15.0 Å². The lowest BCUT2D eigenvalue weighted by atomic mass is 9.85. The van der Waals surface area contributed by atoms with Gasteiger partial charge in [0, 0.05) is 6.04 Å². The molecular formula is C12H25NOS. The Bertz CT molecular complexity index is 216. The first-order chi connectivity index (χ1) is 6.91. The zero-order chi connectivity index (χ0) is 11.5. The highest BCUT2D eigenvalue weighted by atomic mass is 32.2. The Morgan fingerprint density at radius 3 is 2.20 bits per heavy atom. The van der Waals surface area contributed by atoms with Gasteiger partial charge in [0.05, 0.1) is 15.7 Å². The van der Waals surface area contributed by atoms with Gasteiger partial charge >= 0.3 is 0 Å². The average Bonchev–Trinajstić information content (AvgIpc) is 2.17. The van der Waals surface area contributed by atoms with Crippen molar-refractivity contribution in [2.75, 3.05) is 0 Å². The van der Waals surface area contributed by atoms with E-state index in [4.69, 9.17) is 0 Å². The van der Waals surface area contributed by atoms with Gasteiger partial charge in [-0.2, -0.15) is 0 Å². The summed E-state index contributed by atoms with van der Waals surface area (Å²) in [5, 5.41) is 0. The lowest BCUT2D eigenvalue weighted by Crippen LogP contribution is -2.42. The third-order valence-electron chi connectivity index (χ3n) is 3.21. The summed E-state index contributed by atoms with van der Waals surface area (Å²) in [5.41, 5.74) is 0. The third kappa shape index (κ3) is 4.23. The molecule has 2 nitrogen and oxygen atoms in total. The average molecular weight is 231 g/mol. The van der Waals surface area contributed by atoms with Crippen LogP contribution in [0.3, 0.4) is 0 Å². The topological polar surface area (TPSA) is 29.1 Å². The molecule has 90 valence electrons. The fraction of sp³-hybridized carbons (Fsp3) is 1.00. The Morgan fingerprint density at radius 1 is 1.20 bits per heavy atom. The normalized spacial score (nSPS) is 23.7. The van der Waals surface area contributed by atoms with E-state index in [1.54, 1.807) is 0 Å². The third-order valence-corrected chi connectivity index (χ3v) is 4.90. The molecule has 0 spiro atoms. The minimum absolute atomic E-state index is 0.150. The number of hydrogen-bond donors (Lipinski definition) is 1. The van der Waals surface area contributed by atoms with E-state index >= 15 is 0 Å². The summed E-state index contributed by atoms with van der Waals surface area (Å²) in [5.74, 6) is 0.727. The lowest BCUT2D eigenvalue weighted by molar-refractivity contribution is 0.304. The molecular weight excluding hydrogens is 206 g/mol. The largest absolute Gasteiger partial charge is 0.242 e. The number of hydrogen-bond acceptors (Lipinski definition) is 1. The summed E-state index contributed by atoms with van der Waals surface area (Å²) >= 11 is 0. The van der Waals surface area contributed by atoms with Crippen LogP contribution in [0.1, 0.15) is 59.8 Å². The maximum atomic E-state index is 11.9. The van der Waals surface area contributed by atoms with Crippen LogP contribution in [0.2, 0.25) is 0 Å². The number of nitrogens with one attached hydrogen (secondary N) is 1. The molecule has 1 aliphatic carbocycles. The summed E-state index contributed by atoms with van der Waals surface area (Å²) in [6.07, 6.45) is 6.67. The van der Waals surface area contributed by atoms with Crippen molar-refractivity contribution in [2.45, 2.75) is 70.6 Å². The molecule has 0 radical (unpaired) electrons. The highest BCUT2D eigenvalue weighted by molar-refractivity contribution is 7.84. The monoisotopic (exact) mass is 231 g/mol. The molecule has 3 heteroatoms. The first-order valence-electron chi connectivity index (χ1n) is 6.09. The molecule has 1 saturated carbocycles. The van der Waals surface area contributed by atoms with Gasteiger partial charge in [0.1, 0.15) is 0 Å². The zero-order valence-electron chi connectivity index (χ0n) is 10.5. The van der Waals surface area contributed by atoms with Gasteiger partial charge in [0.15, 0.2) is 0 Å². The van der Waals surface area contributed by atoms with Gasteiger partial charge in [0.25, 0.3) is 0 Å². The molecule has 0 saturated heterocycles. The SMILES string of the molecule is C[C@@H](N[S@@](=O)C(C)(C)C)C1CCCCC1. The molecule has 0 heterocycles. The minimum atomic E-state index is -0.919. The van der Waals surface area contributed by atoms with Gasteiger partial charge in [-0.1, -0.05) is 19.3 Å². The van der Waals surface area contributed by atoms with Crippen LogP contribution in [0.4, 0.5) is 0 Å². The molecule has 0 aliphatic heterocycles. The molecule has 0 aromatic rings. The van der Waals surface area contributed by atoms with Gasteiger partial charge < -0.3 is 0 Å². The van der Waals surface area contributed by atoms with Crippen molar-refractivity contribution < 1.29 is 4.21 Å². The standard InChI is InChI=1S/C12H25NOS/c1-10(11-8-6-5-7-9-11)13-15(14)12(2,3)4/h10-11,13H,5-9H2,1-4H3/t10-,15+/m1/s1. The van der Waals surface area contributed by atoms with Crippen molar-refractivity contribution >= 4 is 11.0 Å². The minimum Gasteiger partial charge on any atom is -0.242 e. The molecule has 0 aromatic carbocycles. The van der Waals surface area contributed by atoms with Crippen LogP contribution in [0.5, 0.6) is 0 Å². The van der Waals surface area contributed by atoms with Crippen molar-refractivity contribution in [1.82, 2.24) is 4.72 Å². The maximum Gasteiger partial charge on any atom is 0.0972 e. The Balaban J connectivity index is 2.40. The van der Waals surface area contributed by atoms with E-state index in [-0.39, 0.29) is 4.75 Å². The fourth-order valence-electron chi connectivity index (χ4n) is 2.08. The maximum absolute atomic E-state index is 11.9. The van der Waals surface area contributed by atoms with Crippen molar-refractivity contribution in [2.24, 2.45) is 5.92 Å². The zero-order valence-corrected chi connectivity index (χ0v) is 11.3. The number of rotatable bonds is 3. The van der Waals surface area contributed by atoms with Crippen LogP contribution >= 0.6 is 0 Å². The summed E-state index contributed by atoms with van der Waals surface area (Å²) < 4.78 is 15.0. The molecule has 2 atom stereocenters. The smallest absolute Gasteiger partial charge is 0.0972 e. The quantitative estimate of drug-likeness (QED) is 0.795. The molecule has 1 N–H and O–H groups in total. The van der Waals surface area contributed by atoms with Crippen molar-refractivity contribution in [1.29, 1.82) is 0 Å². The van der Waals surface area contributed by atoms with Crippen LogP contribution in [0, 0.1) is 5.92 Å². The van der Waals surface area contributed by atoms with Gasteiger partial charge in [-0.15, -0.1) is 0 Å². The second-order valence-electron chi connectivity index (χ2n) is 5.69. The fourth-order valence-corrected chi connectivity index (χ4v) is 2.96. The summed E-state index contributed by atoms with van der Waals surface area (Å²) in [4.78, 5) is 0. The predicted octanol–water partition coefficient (Wildman–Crippen LogP) is 3.01. The Labute approximate surface area is 96.8 Å². The predicted molar refractivity (Wildman–Crippen MR) is 67.1 cm³/mol. The van der Waals surface area contributed by atoms with Crippen molar-refractivity contribution in [3.63, 3.8) is 0 Å². The van der Waals surface area contributed by atoms with E-state index in [1.807, 2.05) is 20.8 Å². The molecule has 0 unspecified atom stereocenters. The Hall–Kier alpha value is 0.110. The first kappa shape index (κ1) is 13.2. The van der Waals surface area contributed by atoms with Gasteiger partial charge in [-0.05, 0) is 46.5 Å². The molecule has 1 rings (SSSR count). The van der Waals surface area contributed by atoms with Crippen LogP contribution < -0.4 is 4.72 Å². The molecule has 0 amide bonds. The highest BCUT2D eigenvalue weighted by Gasteiger charge is 2.25. The Kier molecular flexibility index (Phi) is 4.78. The molecule has 0 bridgehead atoms. The molecule has 0 aromatic heterocycles. The van der Waals surface area contributed by atoms with E-state index in [0.29, 0.717) is 6.04 Å². The summed E-state index contributed by atoms with van der Waals surface area (Å²) in [7, 11) is -0.919.